The smallest absolute Gasteiger partial charge is 0.143 e. The molecule has 0 bridgehead atoms. The van der Waals surface area contributed by atoms with Crippen molar-refractivity contribution >= 4 is 0 Å². The molecule has 19 heavy (non-hydrogen) atoms. The van der Waals surface area contributed by atoms with Crippen molar-refractivity contribution in [3.8, 4) is 11.3 Å². The summed E-state index contributed by atoms with van der Waals surface area (Å²) in [7, 11) is 0. The molecule has 100 valence electrons. The zero-order chi connectivity index (χ0) is 13.8. The Morgan fingerprint density at radius 2 is 1.95 bits per heavy atom. The van der Waals surface area contributed by atoms with Crippen LogP contribution in [-0.2, 0) is 6.54 Å². The number of nitrogens with zero attached hydrogens (tertiary/aromatic N) is 2. The first-order valence-electron chi connectivity index (χ1n) is 6.39. The molecule has 1 N–H and O–H groups in total. The van der Waals surface area contributed by atoms with E-state index in [1.807, 2.05) is 13.0 Å². The Hall–Kier alpha value is -1.81. The van der Waals surface area contributed by atoms with Crippen LogP contribution < -0.4 is 5.32 Å². The predicted molar refractivity (Wildman–Crippen MR) is 74.1 cm³/mol. The summed E-state index contributed by atoms with van der Waals surface area (Å²) in [5, 5.41) is 3.26. The third kappa shape index (κ3) is 3.58. The molecule has 0 aliphatic carbocycles. The largest absolute Gasteiger partial charge is 0.308 e. The van der Waals surface area contributed by atoms with Crippen LogP contribution in [0.4, 0.5) is 4.39 Å². The first kappa shape index (κ1) is 13.6. The molecule has 1 heterocycles. The van der Waals surface area contributed by atoms with Crippen LogP contribution in [0.3, 0.4) is 0 Å². The fourth-order valence-electron chi connectivity index (χ4n) is 1.81. The van der Waals surface area contributed by atoms with Crippen molar-refractivity contribution in [3.63, 3.8) is 0 Å². The Balaban J connectivity index is 2.34. The number of rotatable bonds is 4. The molecule has 3 nitrogen and oxygen atoms in total. The minimum atomic E-state index is -0.261. The van der Waals surface area contributed by atoms with Crippen LogP contribution in [0.2, 0.25) is 0 Å². The van der Waals surface area contributed by atoms with E-state index >= 15 is 0 Å². The number of benzene rings is 1. The number of nitrogens with one attached hydrogen (secondary N) is 1. The van der Waals surface area contributed by atoms with Crippen molar-refractivity contribution in [1.82, 2.24) is 15.3 Å². The van der Waals surface area contributed by atoms with E-state index in [1.165, 1.54) is 6.07 Å². The maximum atomic E-state index is 13.8. The maximum absolute atomic E-state index is 13.8. The molecule has 0 unspecified atom stereocenters. The second-order valence-electron chi connectivity index (χ2n) is 4.83. The van der Waals surface area contributed by atoms with Crippen LogP contribution >= 0.6 is 0 Å². The van der Waals surface area contributed by atoms with Gasteiger partial charge in [0.1, 0.15) is 11.6 Å². The molecule has 0 spiro atoms. The second kappa shape index (κ2) is 5.89. The Morgan fingerprint density at radius 1 is 1.21 bits per heavy atom. The summed E-state index contributed by atoms with van der Waals surface area (Å²) in [6, 6.07) is 8.82. The Kier molecular flexibility index (Phi) is 4.22. The lowest BCUT2D eigenvalue weighted by Crippen LogP contribution is -2.23. The van der Waals surface area contributed by atoms with Gasteiger partial charge in [-0.1, -0.05) is 26.0 Å². The number of aromatic nitrogens is 2. The fourth-order valence-corrected chi connectivity index (χ4v) is 1.81. The van der Waals surface area contributed by atoms with E-state index in [-0.39, 0.29) is 5.82 Å². The van der Waals surface area contributed by atoms with Crippen molar-refractivity contribution in [2.24, 2.45) is 0 Å². The normalized spacial score (nSPS) is 11.0. The van der Waals surface area contributed by atoms with E-state index in [9.17, 15) is 4.39 Å². The van der Waals surface area contributed by atoms with Crippen LogP contribution in [0.15, 0.2) is 30.3 Å². The lowest BCUT2D eigenvalue weighted by atomic mass is 10.1. The van der Waals surface area contributed by atoms with Gasteiger partial charge in [-0.2, -0.15) is 0 Å². The summed E-state index contributed by atoms with van der Waals surface area (Å²) >= 11 is 0. The first-order chi connectivity index (χ1) is 9.06. The van der Waals surface area contributed by atoms with Crippen molar-refractivity contribution in [3.05, 3.63) is 47.7 Å². The van der Waals surface area contributed by atoms with Gasteiger partial charge in [-0.3, -0.25) is 0 Å². The Bertz CT molecular complexity index is 567. The Labute approximate surface area is 112 Å². The van der Waals surface area contributed by atoms with Crippen molar-refractivity contribution < 1.29 is 4.39 Å². The Morgan fingerprint density at radius 3 is 2.63 bits per heavy atom. The SMILES string of the molecule is Cc1cc(-c2ccccc2F)nc(CNC(C)C)n1. The highest BCUT2D eigenvalue weighted by Gasteiger charge is 2.08. The average molecular weight is 259 g/mol. The van der Waals surface area contributed by atoms with Crippen LogP contribution in [0.25, 0.3) is 11.3 Å². The van der Waals surface area contributed by atoms with Crippen molar-refractivity contribution in [1.29, 1.82) is 0 Å². The van der Waals surface area contributed by atoms with E-state index in [2.05, 4.69) is 29.1 Å². The van der Waals surface area contributed by atoms with Gasteiger partial charge in [0.05, 0.1) is 12.2 Å². The van der Waals surface area contributed by atoms with Gasteiger partial charge < -0.3 is 5.32 Å². The molecule has 0 amide bonds. The van der Waals surface area contributed by atoms with E-state index in [0.29, 0.717) is 29.7 Å². The van der Waals surface area contributed by atoms with Crippen LogP contribution in [0.5, 0.6) is 0 Å². The number of halogens is 1. The topological polar surface area (TPSA) is 37.8 Å². The van der Waals surface area contributed by atoms with Crippen LogP contribution in [-0.4, -0.2) is 16.0 Å². The van der Waals surface area contributed by atoms with Crippen LogP contribution in [0, 0.1) is 12.7 Å². The van der Waals surface area contributed by atoms with E-state index < -0.39 is 0 Å². The highest BCUT2D eigenvalue weighted by atomic mass is 19.1. The van der Waals surface area contributed by atoms with Crippen molar-refractivity contribution in [2.45, 2.75) is 33.4 Å². The van der Waals surface area contributed by atoms with Crippen molar-refractivity contribution in [2.75, 3.05) is 0 Å². The molecule has 2 aromatic rings. The molecule has 0 radical (unpaired) electrons. The quantitative estimate of drug-likeness (QED) is 0.917. The lowest BCUT2D eigenvalue weighted by Gasteiger charge is -2.09. The minimum Gasteiger partial charge on any atom is -0.308 e. The molecular formula is C15H18FN3. The van der Waals surface area contributed by atoms with Gasteiger partial charge in [0.2, 0.25) is 0 Å². The fraction of sp³-hybridized carbons (Fsp3) is 0.333. The number of hydrogen-bond donors (Lipinski definition) is 1. The number of hydrogen-bond acceptors (Lipinski definition) is 3. The van der Waals surface area contributed by atoms with Gasteiger partial charge in [0, 0.05) is 17.3 Å². The third-order valence-corrected chi connectivity index (χ3v) is 2.72. The van der Waals surface area contributed by atoms with Crippen LogP contribution in [0.1, 0.15) is 25.4 Å². The maximum Gasteiger partial charge on any atom is 0.143 e. The summed E-state index contributed by atoms with van der Waals surface area (Å²) in [5.74, 6) is 0.426. The number of aryl methyl sites for hydroxylation is 1. The summed E-state index contributed by atoms with van der Waals surface area (Å²) in [5.41, 5.74) is 1.98. The summed E-state index contributed by atoms with van der Waals surface area (Å²) in [6.45, 7) is 6.60. The van der Waals surface area contributed by atoms with Gasteiger partial charge in [0.15, 0.2) is 0 Å². The molecular weight excluding hydrogens is 241 g/mol. The summed E-state index contributed by atoms with van der Waals surface area (Å²) in [6.07, 6.45) is 0. The van der Waals surface area contributed by atoms with Gasteiger partial charge in [-0.15, -0.1) is 0 Å². The molecule has 0 atom stereocenters. The molecule has 0 aliphatic heterocycles. The van der Waals surface area contributed by atoms with Gasteiger partial charge >= 0.3 is 0 Å². The second-order valence-corrected chi connectivity index (χ2v) is 4.83. The third-order valence-electron chi connectivity index (χ3n) is 2.72. The molecule has 0 saturated heterocycles. The van der Waals surface area contributed by atoms with Gasteiger partial charge in [-0.25, -0.2) is 14.4 Å². The van der Waals surface area contributed by atoms with E-state index in [4.69, 9.17) is 0 Å². The van der Waals surface area contributed by atoms with E-state index in [1.54, 1.807) is 18.2 Å². The van der Waals surface area contributed by atoms with E-state index in [0.717, 1.165) is 5.69 Å². The van der Waals surface area contributed by atoms with Gasteiger partial charge in [0.25, 0.3) is 0 Å². The van der Waals surface area contributed by atoms with Gasteiger partial charge in [-0.05, 0) is 25.1 Å². The highest BCUT2D eigenvalue weighted by Crippen LogP contribution is 2.21. The molecule has 4 heteroatoms. The summed E-state index contributed by atoms with van der Waals surface area (Å²) < 4.78 is 13.8. The zero-order valence-corrected chi connectivity index (χ0v) is 11.4. The first-order valence-corrected chi connectivity index (χ1v) is 6.39. The monoisotopic (exact) mass is 259 g/mol. The highest BCUT2D eigenvalue weighted by molar-refractivity contribution is 5.59. The molecule has 0 aliphatic rings. The predicted octanol–water partition coefficient (Wildman–Crippen LogP) is 3.09. The molecule has 1 aromatic carbocycles. The minimum absolute atomic E-state index is 0.261. The molecule has 0 fully saturated rings. The zero-order valence-electron chi connectivity index (χ0n) is 11.4. The molecule has 2 rings (SSSR count). The standard InChI is InChI=1S/C15H18FN3/c1-10(2)17-9-15-18-11(3)8-14(19-15)12-6-4-5-7-13(12)16/h4-8,10,17H,9H2,1-3H3. The summed E-state index contributed by atoms with van der Waals surface area (Å²) in [4.78, 5) is 8.79. The molecule has 1 aromatic heterocycles. The molecule has 0 saturated carbocycles. The lowest BCUT2D eigenvalue weighted by molar-refractivity contribution is 0.571. The average Bonchev–Trinajstić information content (AvgIpc) is 2.36.